The number of piperazine rings is 1. The largest absolute Gasteiger partial charge is 0.494 e. The number of hydrogen-bond donors (Lipinski definition) is 2. The fourth-order valence-electron chi connectivity index (χ4n) is 7.36. The molecule has 1 saturated carbocycles. The molecule has 0 spiro atoms. The van der Waals surface area contributed by atoms with Crippen LogP contribution in [-0.2, 0) is 4.57 Å². The van der Waals surface area contributed by atoms with Crippen LogP contribution in [0.1, 0.15) is 42.9 Å². The lowest BCUT2D eigenvalue weighted by Crippen LogP contribution is -2.52. The third kappa shape index (κ3) is 7.45. The minimum atomic E-state index is -2.58. The molecule has 2 aromatic carbocycles. The van der Waals surface area contributed by atoms with E-state index in [1.807, 2.05) is 32.2 Å². The number of rotatable bonds is 10. The summed E-state index contributed by atoms with van der Waals surface area (Å²) in [4.78, 5) is 17.1. The summed E-state index contributed by atoms with van der Waals surface area (Å²) in [6.45, 7) is 14.3. The molecule has 0 amide bonds. The first kappa shape index (κ1) is 35.0. The van der Waals surface area contributed by atoms with E-state index in [0.717, 1.165) is 102 Å². The average Bonchev–Trinajstić information content (AvgIpc) is 3.83. The smallest absolute Gasteiger partial charge is 0.229 e. The maximum Gasteiger partial charge on any atom is 0.229 e. The molecule has 4 heterocycles. The number of aromatic nitrogens is 4. The highest BCUT2D eigenvalue weighted by atomic mass is 79.9. The van der Waals surface area contributed by atoms with Crippen molar-refractivity contribution in [2.24, 2.45) is 0 Å². The number of likely N-dealkylation sites (N-methyl/N-ethyl adjacent to an activating group) is 1. The number of benzene rings is 2. The van der Waals surface area contributed by atoms with Crippen LogP contribution >= 0.6 is 23.1 Å². The Morgan fingerprint density at radius 2 is 1.66 bits per heavy atom. The van der Waals surface area contributed by atoms with E-state index >= 15 is 0 Å². The van der Waals surface area contributed by atoms with Crippen LogP contribution in [0.2, 0.25) is 0 Å². The Morgan fingerprint density at radius 1 is 0.920 bits per heavy atom. The van der Waals surface area contributed by atoms with Crippen LogP contribution in [0, 0.1) is 13.8 Å². The SMILES string of the molecule is COc1cc(N2CCC(N3CCN(C)CC3)CC2)c(-c2cnn(C3CC3)c2)cc1Nc1ncc(Br)c(Nc2ccc(C)c(C)c2P(C)(C)=O)n1. The van der Waals surface area contributed by atoms with E-state index in [9.17, 15) is 4.57 Å². The van der Waals surface area contributed by atoms with Gasteiger partial charge in [0.15, 0.2) is 0 Å². The van der Waals surface area contributed by atoms with E-state index in [0.29, 0.717) is 28.3 Å². The predicted molar refractivity (Wildman–Crippen MR) is 208 cm³/mol. The normalized spacial score (nSPS) is 18.0. The predicted octanol–water partition coefficient (Wildman–Crippen LogP) is 7.01. The molecule has 1 aliphatic carbocycles. The number of methoxy groups -OCH3 is 1. The molecule has 2 saturated heterocycles. The number of piperidine rings is 1. The summed E-state index contributed by atoms with van der Waals surface area (Å²) in [5.41, 5.74) is 7.03. The molecule has 3 aliphatic rings. The third-order valence-corrected chi connectivity index (χ3v) is 12.7. The lowest BCUT2D eigenvalue weighted by molar-refractivity contribution is 0.0982. The highest BCUT2D eigenvalue weighted by molar-refractivity contribution is 9.10. The molecule has 7 rings (SSSR count). The first-order chi connectivity index (χ1) is 24.0. The van der Waals surface area contributed by atoms with Crippen molar-refractivity contribution in [2.45, 2.75) is 51.6 Å². The van der Waals surface area contributed by atoms with Gasteiger partial charge in [-0.2, -0.15) is 10.1 Å². The molecule has 2 N–H and O–H groups in total. The average molecular weight is 763 g/mol. The van der Waals surface area contributed by atoms with Gasteiger partial charge >= 0.3 is 0 Å². The van der Waals surface area contributed by atoms with Crippen molar-refractivity contribution in [1.82, 2.24) is 29.5 Å². The van der Waals surface area contributed by atoms with E-state index < -0.39 is 7.14 Å². The zero-order valence-corrected chi connectivity index (χ0v) is 32.5. The molecule has 266 valence electrons. The Morgan fingerprint density at radius 3 is 2.34 bits per heavy atom. The molecular weight excluding hydrogens is 713 g/mol. The van der Waals surface area contributed by atoms with Crippen molar-refractivity contribution >= 4 is 57.2 Å². The van der Waals surface area contributed by atoms with Gasteiger partial charge < -0.3 is 29.7 Å². The highest BCUT2D eigenvalue weighted by Gasteiger charge is 2.30. The minimum absolute atomic E-state index is 0.413. The van der Waals surface area contributed by atoms with Gasteiger partial charge in [0.05, 0.1) is 35.2 Å². The van der Waals surface area contributed by atoms with Crippen LogP contribution in [0.4, 0.5) is 28.8 Å². The Kier molecular flexibility index (Phi) is 10.00. The van der Waals surface area contributed by atoms with Gasteiger partial charge in [0.25, 0.3) is 0 Å². The number of ether oxygens (including phenoxy) is 1. The Balaban J connectivity index is 1.19. The number of halogens is 1. The summed E-state index contributed by atoms with van der Waals surface area (Å²) in [5, 5.41) is 12.5. The molecule has 0 unspecified atom stereocenters. The van der Waals surface area contributed by atoms with Crippen LogP contribution in [0.5, 0.6) is 5.75 Å². The van der Waals surface area contributed by atoms with Crippen molar-refractivity contribution in [3.63, 3.8) is 0 Å². The van der Waals surface area contributed by atoms with Gasteiger partial charge in [-0.15, -0.1) is 0 Å². The minimum Gasteiger partial charge on any atom is -0.494 e. The van der Waals surface area contributed by atoms with Crippen LogP contribution < -0.4 is 25.6 Å². The second-order valence-electron chi connectivity index (χ2n) is 14.5. The molecule has 11 nitrogen and oxygen atoms in total. The summed E-state index contributed by atoms with van der Waals surface area (Å²) < 4.78 is 22.2. The van der Waals surface area contributed by atoms with Gasteiger partial charge in [-0.1, -0.05) is 6.07 Å². The standard InChI is InChI=1S/C37H49BrN9O2P/c1-24-7-10-31(35(25(24)2)50(5,6)48)41-36-30(38)22-39-37(43-36)42-32-19-29(26-21-40-47(23-26)28-8-9-28)33(20-34(32)49-4)46-13-11-27(12-14-46)45-17-15-44(3)16-18-45/h7,10,19-23,27-28H,8-9,11-18H2,1-6H3,(H2,39,41,42,43). The van der Waals surface area contributed by atoms with E-state index in [-0.39, 0.29) is 0 Å². The molecule has 2 aromatic heterocycles. The fourth-order valence-corrected chi connectivity index (χ4v) is 9.35. The summed E-state index contributed by atoms with van der Waals surface area (Å²) in [7, 11) is 1.34. The van der Waals surface area contributed by atoms with Crippen LogP contribution in [-0.4, -0.2) is 102 Å². The monoisotopic (exact) mass is 761 g/mol. The van der Waals surface area contributed by atoms with E-state index in [1.54, 1.807) is 26.6 Å². The molecule has 3 fully saturated rings. The van der Waals surface area contributed by atoms with E-state index in [4.69, 9.17) is 14.8 Å². The molecule has 2 aliphatic heterocycles. The number of anilines is 5. The first-order valence-corrected chi connectivity index (χ1v) is 21.0. The first-order valence-electron chi connectivity index (χ1n) is 17.6. The van der Waals surface area contributed by atoms with Crippen molar-refractivity contribution in [3.8, 4) is 16.9 Å². The maximum absolute atomic E-state index is 13.4. The van der Waals surface area contributed by atoms with Crippen molar-refractivity contribution < 1.29 is 9.30 Å². The quantitative estimate of drug-likeness (QED) is 0.164. The van der Waals surface area contributed by atoms with Gasteiger partial charge in [-0.05, 0) is 99.1 Å². The fraction of sp³-hybridized carbons (Fsp3) is 0.486. The number of hydrogen-bond acceptors (Lipinski definition) is 10. The van der Waals surface area contributed by atoms with E-state index in [1.165, 1.54) is 12.8 Å². The van der Waals surface area contributed by atoms with Gasteiger partial charge in [0.1, 0.15) is 18.7 Å². The zero-order chi connectivity index (χ0) is 35.2. The zero-order valence-electron chi connectivity index (χ0n) is 30.0. The lowest BCUT2D eigenvalue weighted by atomic mass is 9.98. The van der Waals surface area contributed by atoms with Crippen molar-refractivity contribution in [1.29, 1.82) is 0 Å². The van der Waals surface area contributed by atoms with Crippen LogP contribution in [0.15, 0.2) is 47.3 Å². The Hall–Kier alpha value is -3.44. The third-order valence-electron chi connectivity index (χ3n) is 10.5. The second-order valence-corrected chi connectivity index (χ2v) is 18.5. The molecule has 0 bridgehead atoms. The molecule has 4 aromatic rings. The molecule has 0 atom stereocenters. The molecular formula is C37H49BrN9O2P. The van der Waals surface area contributed by atoms with Crippen molar-refractivity contribution in [2.75, 3.05) is 82.3 Å². The Bertz CT molecular complexity index is 1910. The highest BCUT2D eigenvalue weighted by Crippen LogP contribution is 2.44. The molecule has 13 heteroatoms. The molecule has 50 heavy (non-hydrogen) atoms. The maximum atomic E-state index is 13.4. The van der Waals surface area contributed by atoms with Crippen LogP contribution in [0.3, 0.4) is 0 Å². The van der Waals surface area contributed by atoms with E-state index in [2.05, 4.69) is 76.3 Å². The van der Waals surface area contributed by atoms with Gasteiger partial charge in [0.2, 0.25) is 5.95 Å². The Labute approximate surface area is 304 Å². The molecule has 0 radical (unpaired) electrons. The summed E-state index contributed by atoms with van der Waals surface area (Å²) in [6.07, 6.45) is 10.5. The van der Waals surface area contributed by atoms with Gasteiger partial charge in [0, 0.05) is 85.9 Å². The topological polar surface area (TPSA) is 104 Å². The summed E-state index contributed by atoms with van der Waals surface area (Å²) in [5.74, 6) is 1.70. The lowest BCUT2D eigenvalue weighted by Gasteiger charge is -2.43. The van der Waals surface area contributed by atoms with Gasteiger partial charge in [-0.25, -0.2) is 4.98 Å². The number of aryl methyl sites for hydroxylation is 1. The van der Waals surface area contributed by atoms with Crippen molar-refractivity contribution in [3.05, 3.63) is 58.5 Å². The second kappa shape index (κ2) is 14.3. The van der Waals surface area contributed by atoms with Crippen LogP contribution in [0.25, 0.3) is 11.1 Å². The summed E-state index contributed by atoms with van der Waals surface area (Å²) in [6, 6.07) is 9.45. The van der Waals surface area contributed by atoms with Gasteiger partial charge in [-0.3, -0.25) is 9.58 Å². The summed E-state index contributed by atoms with van der Waals surface area (Å²) >= 11 is 3.63. The number of nitrogens with zero attached hydrogens (tertiary/aromatic N) is 7. The number of nitrogens with one attached hydrogen (secondary N) is 2.